The molecule has 4 heteroatoms. The second-order valence-corrected chi connectivity index (χ2v) is 4.39. The molecule has 18 heavy (non-hydrogen) atoms. The van der Waals surface area contributed by atoms with Crippen LogP contribution in [0.5, 0.6) is 5.75 Å². The van der Waals surface area contributed by atoms with E-state index < -0.39 is 0 Å². The lowest BCUT2D eigenvalue weighted by molar-refractivity contribution is -0.119. The Hall–Kier alpha value is -1.55. The van der Waals surface area contributed by atoms with Gasteiger partial charge in [0.05, 0.1) is 7.11 Å². The van der Waals surface area contributed by atoms with E-state index in [0.29, 0.717) is 6.54 Å². The molecule has 0 spiro atoms. The van der Waals surface area contributed by atoms with Gasteiger partial charge in [0.25, 0.3) is 0 Å². The van der Waals surface area contributed by atoms with Gasteiger partial charge >= 0.3 is 0 Å². The Labute approximate surface area is 108 Å². The first kappa shape index (κ1) is 12.9. The monoisotopic (exact) mass is 248 g/mol. The van der Waals surface area contributed by atoms with E-state index in [-0.39, 0.29) is 11.9 Å². The maximum atomic E-state index is 12.3. The van der Waals surface area contributed by atoms with Gasteiger partial charge in [0.1, 0.15) is 11.8 Å². The summed E-state index contributed by atoms with van der Waals surface area (Å²) in [7, 11) is 1.64. The summed E-state index contributed by atoms with van der Waals surface area (Å²) in [5.74, 6) is 0.928. The smallest absolute Gasteiger partial charge is 0.248 e. The summed E-state index contributed by atoms with van der Waals surface area (Å²) in [6, 6.07) is 5.59. The number of fused-ring (bicyclic) bond motifs is 1. The van der Waals surface area contributed by atoms with E-state index >= 15 is 0 Å². The number of hydrogen-bond acceptors (Lipinski definition) is 3. The highest BCUT2D eigenvalue weighted by atomic mass is 16.5. The number of methoxy groups -OCH3 is 1. The highest BCUT2D eigenvalue weighted by Gasteiger charge is 2.36. The fourth-order valence-corrected chi connectivity index (χ4v) is 2.36. The summed E-state index contributed by atoms with van der Waals surface area (Å²) in [4.78, 5) is 14.1. The van der Waals surface area contributed by atoms with Crippen molar-refractivity contribution in [1.82, 2.24) is 5.32 Å². The number of amides is 1. The molecule has 0 saturated carbocycles. The molecular formula is C14H20N2O2. The van der Waals surface area contributed by atoms with Gasteiger partial charge in [-0.2, -0.15) is 0 Å². The Balaban J connectivity index is 2.37. The summed E-state index contributed by atoms with van der Waals surface area (Å²) >= 11 is 0. The van der Waals surface area contributed by atoms with Crippen LogP contribution in [-0.4, -0.2) is 26.1 Å². The molecule has 0 fully saturated rings. The van der Waals surface area contributed by atoms with Crippen LogP contribution in [0.25, 0.3) is 0 Å². The molecule has 0 bridgehead atoms. The molecule has 1 aliphatic heterocycles. The van der Waals surface area contributed by atoms with E-state index in [1.165, 1.54) is 0 Å². The minimum absolute atomic E-state index is 0.134. The number of carbonyl (C=O) groups excluding carboxylic acids is 1. The third-order valence-electron chi connectivity index (χ3n) is 3.26. The average Bonchev–Trinajstić information content (AvgIpc) is 2.67. The van der Waals surface area contributed by atoms with Crippen LogP contribution in [-0.2, 0) is 4.79 Å². The maximum absolute atomic E-state index is 12.3. The van der Waals surface area contributed by atoms with E-state index in [0.717, 1.165) is 30.0 Å². The summed E-state index contributed by atoms with van der Waals surface area (Å²) in [5.41, 5.74) is 2.02. The summed E-state index contributed by atoms with van der Waals surface area (Å²) in [6.07, 6.45) is 1.01. The van der Waals surface area contributed by atoms with Gasteiger partial charge in [-0.15, -0.1) is 0 Å². The van der Waals surface area contributed by atoms with Crippen molar-refractivity contribution in [3.63, 3.8) is 0 Å². The van der Waals surface area contributed by atoms with E-state index in [1.54, 1.807) is 7.11 Å². The highest BCUT2D eigenvalue weighted by Crippen LogP contribution is 2.37. The average molecular weight is 248 g/mol. The molecule has 1 atom stereocenters. The van der Waals surface area contributed by atoms with Crippen LogP contribution >= 0.6 is 0 Å². The molecule has 2 rings (SSSR count). The second-order valence-electron chi connectivity index (χ2n) is 4.39. The number of carbonyl (C=O) groups is 1. The number of hydrogen-bond donors (Lipinski definition) is 1. The van der Waals surface area contributed by atoms with Crippen LogP contribution in [0.3, 0.4) is 0 Å². The van der Waals surface area contributed by atoms with Gasteiger partial charge in [-0.05, 0) is 38.1 Å². The minimum atomic E-state index is -0.227. The first-order valence-corrected chi connectivity index (χ1v) is 6.45. The van der Waals surface area contributed by atoms with Gasteiger partial charge in [-0.25, -0.2) is 0 Å². The molecule has 1 aromatic carbocycles. The summed E-state index contributed by atoms with van der Waals surface area (Å²) < 4.78 is 5.24. The van der Waals surface area contributed by atoms with E-state index in [1.807, 2.05) is 30.0 Å². The molecule has 0 aliphatic carbocycles. The Morgan fingerprint density at radius 2 is 2.17 bits per heavy atom. The van der Waals surface area contributed by atoms with Crippen molar-refractivity contribution in [3.05, 3.63) is 23.8 Å². The lowest BCUT2D eigenvalue weighted by atomic mass is 10.1. The number of likely N-dealkylation sites (N-methyl/N-ethyl adjacent to an activating group) is 1. The topological polar surface area (TPSA) is 41.6 Å². The van der Waals surface area contributed by atoms with Gasteiger partial charge in [0.15, 0.2) is 0 Å². The molecular weight excluding hydrogens is 228 g/mol. The zero-order valence-electron chi connectivity index (χ0n) is 11.2. The predicted octanol–water partition coefficient (Wildman–Crippen LogP) is 2.10. The summed E-state index contributed by atoms with van der Waals surface area (Å²) in [5, 5.41) is 3.31. The molecule has 1 N–H and O–H groups in total. The van der Waals surface area contributed by atoms with Crippen molar-refractivity contribution in [1.29, 1.82) is 0 Å². The SMILES string of the molecule is CCCNC1C(=O)N(CC)c2ccc(OC)cc21. The van der Waals surface area contributed by atoms with Gasteiger partial charge in [-0.3, -0.25) is 4.79 Å². The fraction of sp³-hybridized carbons (Fsp3) is 0.500. The molecule has 1 unspecified atom stereocenters. The molecule has 0 radical (unpaired) electrons. The number of rotatable bonds is 5. The first-order valence-electron chi connectivity index (χ1n) is 6.45. The number of benzene rings is 1. The van der Waals surface area contributed by atoms with Crippen molar-refractivity contribution in [3.8, 4) is 5.75 Å². The Morgan fingerprint density at radius 3 is 2.78 bits per heavy atom. The Morgan fingerprint density at radius 1 is 1.39 bits per heavy atom. The number of anilines is 1. The van der Waals surface area contributed by atoms with Crippen LogP contribution in [0, 0.1) is 0 Å². The lowest BCUT2D eigenvalue weighted by Gasteiger charge is -2.15. The zero-order valence-corrected chi connectivity index (χ0v) is 11.2. The van der Waals surface area contributed by atoms with Crippen molar-refractivity contribution in [2.75, 3.05) is 25.1 Å². The second kappa shape index (κ2) is 5.40. The molecule has 1 aliphatic rings. The number of nitrogens with one attached hydrogen (secondary N) is 1. The van der Waals surface area contributed by atoms with Crippen molar-refractivity contribution >= 4 is 11.6 Å². The standard InChI is InChI=1S/C14H20N2O2/c1-4-8-15-13-11-9-10(18-3)6-7-12(11)16(5-2)14(13)17/h6-7,9,13,15H,4-5,8H2,1-3H3. The molecule has 1 heterocycles. The molecule has 0 aromatic heterocycles. The van der Waals surface area contributed by atoms with Gasteiger partial charge in [-0.1, -0.05) is 6.92 Å². The third-order valence-corrected chi connectivity index (χ3v) is 3.26. The predicted molar refractivity (Wildman–Crippen MR) is 72.1 cm³/mol. The quantitative estimate of drug-likeness (QED) is 0.867. The minimum Gasteiger partial charge on any atom is -0.497 e. The van der Waals surface area contributed by atoms with Crippen LogP contribution in [0.1, 0.15) is 31.9 Å². The van der Waals surface area contributed by atoms with E-state index in [9.17, 15) is 4.79 Å². The number of nitrogens with zero attached hydrogens (tertiary/aromatic N) is 1. The van der Waals surface area contributed by atoms with Crippen LogP contribution in [0.15, 0.2) is 18.2 Å². The summed E-state index contributed by atoms with van der Waals surface area (Å²) in [6.45, 7) is 5.62. The van der Waals surface area contributed by atoms with Crippen LogP contribution < -0.4 is 15.0 Å². The third kappa shape index (κ3) is 2.08. The largest absolute Gasteiger partial charge is 0.497 e. The van der Waals surface area contributed by atoms with Gasteiger partial charge in [0, 0.05) is 17.8 Å². The van der Waals surface area contributed by atoms with Crippen molar-refractivity contribution in [2.45, 2.75) is 26.3 Å². The maximum Gasteiger partial charge on any atom is 0.248 e. The van der Waals surface area contributed by atoms with E-state index in [4.69, 9.17) is 4.74 Å². The molecule has 1 aromatic rings. The van der Waals surface area contributed by atoms with E-state index in [2.05, 4.69) is 12.2 Å². The van der Waals surface area contributed by atoms with Crippen molar-refractivity contribution in [2.24, 2.45) is 0 Å². The molecule has 98 valence electrons. The Kier molecular flexibility index (Phi) is 3.87. The van der Waals surface area contributed by atoms with Gasteiger partial charge < -0.3 is 15.0 Å². The Bertz CT molecular complexity index is 445. The van der Waals surface area contributed by atoms with Crippen LogP contribution in [0.4, 0.5) is 5.69 Å². The zero-order chi connectivity index (χ0) is 13.1. The molecule has 1 amide bonds. The van der Waals surface area contributed by atoms with Crippen LogP contribution in [0.2, 0.25) is 0 Å². The molecule has 0 saturated heterocycles. The normalized spacial score (nSPS) is 18.1. The first-order chi connectivity index (χ1) is 8.72. The highest BCUT2D eigenvalue weighted by molar-refractivity contribution is 6.04. The van der Waals surface area contributed by atoms with Gasteiger partial charge in [0.2, 0.25) is 5.91 Å². The fourth-order valence-electron chi connectivity index (χ4n) is 2.36. The molecule has 4 nitrogen and oxygen atoms in total. The number of ether oxygens (including phenoxy) is 1. The van der Waals surface area contributed by atoms with Crippen molar-refractivity contribution < 1.29 is 9.53 Å². The lowest BCUT2D eigenvalue weighted by Crippen LogP contribution is -2.34.